The summed E-state index contributed by atoms with van der Waals surface area (Å²) >= 11 is 0. The molecule has 2 heterocycles. The van der Waals surface area contributed by atoms with E-state index in [1.165, 1.54) is 31.7 Å². The molecule has 0 spiro atoms. The van der Waals surface area contributed by atoms with Crippen LogP contribution < -0.4 is 14.8 Å². The monoisotopic (exact) mass is 421 g/mol. The van der Waals surface area contributed by atoms with Crippen LogP contribution in [0.4, 0.5) is 13.2 Å². The number of halogens is 3. The number of oxazole rings is 1. The van der Waals surface area contributed by atoms with Gasteiger partial charge in [-0.1, -0.05) is 6.07 Å². The molecular weight excluding hydrogens is 403 g/mol. The minimum Gasteiger partial charge on any atom is -0.493 e. The average molecular weight is 421 g/mol. The number of benzene rings is 1. The van der Waals surface area contributed by atoms with Crippen molar-refractivity contribution >= 4 is 5.91 Å². The fraction of sp³-hybridized carbons (Fsp3) is 0.250. The first kappa shape index (κ1) is 21.2. The second-order valence-electron chi connectivity index (χ2n) is 6.27. The molecule has 0 bridgehead atoms. The zero-order chi connectivity index (χ0) is 21.7. The number of hydrogen-bond acceptors (Lipinski definition) is 6. The Hall–Kier alpha value is -3.56. The van der Waals surface area contributed by atoms with Gasteiger partial charge in [0.25, 0.3) is 5.91 Å². The van der Waals surface area contributed by atoms with Crippen LogP contribution in [0, 0.1) is 6.92 Å². The molecule has 158 valence electrons. The second kappa shape index (κ2) is 8.85. The van der Waals surface area contributed by atoms with E-state index in [0.29, 0.717) is 17.0 Å². The summed E-state index contributed by atoms with van der Waals surface area (Å²) in [5.41, 5.74) is 1.87. The van der Waals surface area contributed by atoms with Crippen molar-refractivity contribution in [3.05, 3.63) is 59.7 Å². The number of nitrogens with one attached hydrogen (secondary N) is 1. The first-order valence-electron chi connectivity index (χ1n) is 8.79. The Morgan fingerprint density at radius 1 is 1.23 bits per heavy atom. The molecule has 3 rings (SSSR count). The summed E-state index contributed by atoms with van der Waals surface area (Å²) in [4.78, 5) is 20.5. The highest BCUT2D eigenvalue weighted by Gasteiger charge is 2.29. The van der Waals surface area contributed by atoms with Crippen LogP contribution in [-0.2, 0) is 6.54 Å². The lowest BCUT2D eigenvalue weighted by molar-refractivity contribution is -0.153. The topological polar surface area (TPSA) is 86.5 Å². The number of ether oxygens (including phenoxy) is 2. The van der Waals surface area contributed by atoms with Crippen LogP contribution in [0.25, 0.3) is 11.5 Å². The van der Waals surface area contributed by atoms with Gasteiger partial charge in [-0.15, -0.1) is 0 Å². The van der Waals surface area contributed by atoms with E-state index in [1.807, 2.05) is 0 Å². The molecule has 0 aliphatic heterocycles. The third kappa shape index (κ3) is 5.28. The normalized spacial score (nSPS) is 11.2. The highest BCUT2D eigenvalue weighted by Crippen LogP contribution is 2.33. The number of hydrogen-bond donors (Lipinski definition) is 1. The zero-order valence-corrected chi connectivity index (χ0v) is 16.1. The minimum absolute atomic E-state index is 0.0892. The summed E-state index contributed by atoms with van der Waals surface area (Å²) < 4.78 is 52.6. The molecule has 0 aliphatic rings. The Labute approximate surface area is 169 Å². The Balaban J connectivity index is 1.71. The molecule has 1 N–H and O–H groups in total. The highest BCUT2D eigenvalue weighted by atomic mass is 19.4. The van der Waals surface area contributed by atoms with E-state index in [0.717, 1.165) is 5.56 Å². The standard InChI is InChI=1S/C20H18F3N3O4/c1-12-4-3-7-24-17(12)18(27)25-9-14-10-29-19(26-14)13-5-6-15(28-2)16(8-13)30-11-20(21,22)23/h3-8,10H,9,11H2,1-2H3,(H,25,27). The van der Waals surface area contributed by atoms with Crippen molar-refractivity contribution in [1.82, 2.24) is 15.3 Å². The summed E-state index contributed by atoms with van der Waals surface area (Å²) in [6, 6.07) is 7.88. The predicted molar refractivity (Wildman–Crippen MR) is 100 cm³/mol. The van der Waals surface area contributed by atoms with Crippen molar-refractivity contribution < 1.29 is 31.9 Å². The predicted octanol–water partition coefficient (Wildman–Crippen LogP) is 3.92. The quantitative estimate of drug-likeness (QED) is 0.622. The van der Waals surface area contributed by atoms with Crippen molar-refractivity contribution in [2.45, 2.75) is 19.6 Å². The average Bonchev–Trinajstić information content (AvgIpc) is 3.19. The number of aryl methyl sites for hydroxylation is 1. The number of carbonyl (C=O) groups excluding carboxylic acids is 1. The van der Waals surface area contributed by atoms with Gasteiger partial charge in [0.05, 0.1) is 19.3 Å². The van der Waals surface area contributed by atoms with Gasteiger partial charge in [0, 0.05) is 11.8 Å². The summed E-state index contributed by atoms with van der Waals surface area (Å²) in [5, 5.41) is 2.69. The molecule has 3 aromatic rings. The molecule has 0 saturated heterocycles. The van der Waals surface area contributed by atoms with Crippen LogP contribution in [0.15, 0.2) is 47.2 Å². The molecule has 0 fully saturated rings. The summed E-state index contributed by atoms with van der Waals surface area (Å²) in [6.45, 7) is 0.410. The number of amides is 1. The Kier molecular flexibility index (Phi) is 6.24. The van der Waals surface area contributed by atoms with Gasteiger partial charge in [-0.25, -0.2) is 4.98 Å². The summed E-state index contributed by atoms with van der Waals surface area (Å²) in [6.07, 6.45) is -1.61. The number of methoxy groups -OCH3 is 1. The van der Waals surface area contributed by atoms with Gasteiger partial charge in [-0.2, -0.15) is 13.2 Å². The molecule has 0 radical (unpaired) electrons. The first-order valence-corrected chi connectivity index (χ1v) is 8.79. The van der Waals surface area contributed by atoms with Crippen molar-refractivity contribution in [3.63, 3.8) is 0 Å². The largest absolute Gasteiger partial charge is 0.493 e. The van der Waals surface area contributed by atoms with E-state index in [2.05, 4.69) is 15.3 Å². The fourth-order valence-electron chi connectivity index (χ4n) is 2.58. The van der Waals surface area contributed by atoms with Gasteiger partial charge in [0.1, 0.15) is 12.0 Å². The van der Waals surface area contributed by atoms with Crippen LogP contribution in [0.5, 0.6) is 11.5 Å². The zero-order valence-electron chi connectivity index (χ0n) is 16.1. The number of nitrogens with zero attached hydrogens (tertiary/aromatic N) is 2. The molecule has 0 atom stereocenters. The maximum Gasteiger partial charge on any atom is 0.422 e. The van der Waals surface area contributed by atoms with E-state index < -0.39 is 12.8 Å². The van der Waals surface area contributed by atoms with Crippen LogP contribution in [0.3, 0.4) is 0 Å². The number of pyridine rings is 1. The van der Waals surface area contributed by atoms with Gasteiger partial charge in [0.2, 0.25) is 5.89 Å². The highest BCUT2D eigenvalue weighted by molar-refractivity contribution is 5.93. The molecule has 0 saturated carbocycles. The van der Waals surface area contributed by atoms with Crippen LogP contribution in [-0.4, -0.2) is 35.8 Å². The number of alkyl halides is 3. The summed E-state index contributed by atoms with van der Waals surface area (Å²) in [5.74, 6) is -0.142. The summed E-state index contributed by atoms with van der Waals surface area (Å²) in [7, 11) is 1.32. The van der Waals surface area contributed by atoms with Crippen molar-refractivity contribution in [1.29, 1.82) is 0 Å². The minimum atomic E-state index is -4.48. The van der Waals surface area contributed by atoms with Gasteiger partial charge in [0.15, 0.2) is 18.1 Å². The maximum absolute atomic E-state index is 12.5. The Bertz CT molecular complexity index is 1030. The first-order chi connectivity index (χ1) is 14.3. The lowest BCUT2D eigenvalue weighted by atomic mass is 10.2. The van der Waals surface area contributed by atoms with Gasteiger partial charge in [-0.05, 0) is 36.8 Å². The molecular formula is C20H18F3N3O4. The Morgan fingerprint density at radius 2 is 2.03 bits per heavy atom. The molecule has 2 aromatic heterocycles. The van der Waals surface area contributed by atoms with E-state index in [4.69, 9.17) is 13.9 Å². The van der Waals surface area contributed by atoms with Crippen LogP contribution >= 0.6 is 0 Å². The molecule has 0 aliphatic carbocycles. The van der Waals surface area contributed by atoms with Gasteiger partial charge >= 0.3 is 6.18 Å². The lowest BCUT2D eigenvalue weighted by Crippen LogP contribution is -2.24. The molecule has 10 heteroatoms. The SMILES string of the molecule is COc1ccc(-c2nc(CNC(=O)c3ncccc3C)co2)cc1OCC(F)(F)F. The number of carbonyl (C=O) groups is 1. The van der Waals surface area contributed by atoms with E-state index in [1.54, 1.807) is 25.1 Å². The Morgan fingerprint density at radius 3 is 2.73 bits per heavy atom. The van der Waals surface area contributed by atoms with E-state index >= 15 is 0 Å². The molecule has 0 unspecified atom stereocenters. The lowest BCUT2D eigenvalue weighted by Gasteiger charge is -2.13. The van der Waals surface area contributed by atoms with Gasteiger partial charge < -0.3 is 19.2 Å². The van der Waals surface area contributed by atoms with Crippen LogP contribution in [0.1, 0.15) is 21.7 Å². The molecule has 1 aromatic carbocycles. The van der Waals surface area contributed by atoms with E-state index in [9.17, 15) is 18.0 Å². The third-order valence-corrected chi connectivity index (χ3v) is 4.01. The smallest absolute Gasteiger partial charge is 0.422 e. The van der Waals surface area contributed by atoms with Crippen LogP contribution in [0.2, 0.25) is 0 Å². The van der Waals surface area contributed by atoms with Crippen molar-refractivity contribution in [3.8, 4) is 23.0 Å². The number of aromatic nitrogens is 2. The maximum atomic E-state index is 12.5. The third-order valence-electron chi connectivity index (χ3n) is 4.01. The van der Waals surface area contributed by atoms with E-state index in [-0.39, 0.29) is 29.8 Å². The molecule has 7 nitrogen and oxygen atoms in total. The number of rotatable bonds is 7. The van der Waals surface area contributed by atoms with Gasteiger partial charge in [-0.3, -0.25) is 9.78 Å². The second-order valence-corrected chi connectivity index (χ2v) is 6.27. The fourth-order valence-corrected chi connectivity index (χ4v) is 2.58. The van der Waals surface area contributed by atoms with Crippen molar-refractivity contribution in [2.75, 3.05) is 13.7 Å². The molecule has 30 heavy (non-hydrogen) atoms. The van der Waals surface area contributed by atoms with Crippen molar-refractivity contribution in [2.24, 2.45) is 0 Å². The molecule has 1 amide bonds.